The Bertz CT molecular complexity index is 1270. The lowest BCUT2D eigenvalue weighted by Gasteiger charge is -2.09. The van der Waals surface area contributed by atoms with E-state index in [0.717, 1.165) is 37.4 Å². The Kier molecular flexibility index (Phi) is 7.46. The summed E-state index contributed by atoms with van der Waals surface area (Å²) in [5, 5.41) is 3.10. The fourth-order valence-corrected chi connectivity index (χ4v) is 4.35. The highest BCUT2D eigenvalue weighted by molar-refractivity contribution is 7.89. The highest BCUT2D eigenvalue weighted by atomic mass is 32.2. The standard InChI is InChI=1S/C21H24F3N5O4S/c1-4-5-8-25-20(30)17-15-7-6-13(33-21(22,23)24)9-16(15)28-18(17)19-26-10-14(11-27-19)34(31,32)29-12(2)3/h6-7,9-12,28-29H,4-5,8H2,1-3H3,(H,25,30). The summed E-state index contributed by atoms with van der Waals surface area (Å²) in [6, 6.07) is 3.20. The maximum absolute atomic E-state index is 12.9. The number of sulfonamides is 1. The first-order valence-electron chi connectivity index (χ1n) is 10.5. The average molecular weight is 500 g/mol. The molecule has 0 spiro atoms. The first-order valence-corrected chi connectivity index (χ1v) is 11.9. The number of alkyl halides is 3. The highest BCUT2D eigenvalue weighted by Crippen LogP contribution is 2.32. The molecule has 2 aromatic heterocycles. The quantitative estimate of drug-likeness (QED) is 0.385. The Morgan fingerprint density at radius 3 is 2.47 bits per heavy atom. The molecule has 2 heterocycles. The van der Waals surface area contributed by atoms with Gasteiger partial charge in [0.05, 0.1) is 29.2 Å². The van der Waals surface area contributed by atoms with Crippen LogP contribution in [0.25, 0.3) is 22.4 Å². The molecule has 0 unspecified atom stereocenters. The van der Waals surface area contributed by atoms with Crippen LogP contribution in [-0.2, 0) is 10.0 Å². The average Bonchev–Trinajstić information content (AvgIpc) is 3.10. The third-order valence-electron chi connectivity index (χ3n) is 4.60. The molecule has 0 aliphatic heterocycles. The summed E-state index contributed by atoms with van der Waals surface area (Å²) in [7, 11) is -3.84. The number of carbonyl (C=O) groups is 1. The molecule has 0 aliphatic rings. The van der Waals surface area contributed by atoms with Crippen LogP contribution in [0.5, 0.6) is 5.75 Å². The summed E-state index contributed by atoms with van der Waals surface area (Å²) in [4.78, 5) is 23.8. The summed E-state index contributed by atoms with van der Waals surface area (Å²) in [6.45, 7) is 5.69. The molecule has 0 aliphatic carbocycles. The van der Waals surface area contributed by atoms with Crippen molar-refractivity contribution in [1.82, 2.24) is 25.0 Å². The number of H-pyrrole nitrogens is 1. The van der Waals surface area contributed by atoms with E-state index in [2.05, 4.69) is 29.7 Å². The van der Waals surface area contributed by atoms with Gasteiger partial charge in [0.25, 0.3) is 5.91 Å². The van der Waals surface area contributed by atoms with E-state index in [1.807, 2.05) is 6.92 Å². The van der Waals surface area contributed by atoms with Gasteiger partial charge in [-0.15, -0.1) is 13.2 Å². The zero-order valence-corrected chi connectivity index (χ0v) is 19.5. The molecule has 1 amide bonds. The van der Waals surface area contributed by atoms with E-state index >= 15 is 0 Å². The first-order chi connectivity index (χ1) is 15.9. The molecule has 34 heavy (non-hydrogen) atoms. The number of unbranched alkanes of at least 4 members (excludes halogenated alkanes) is 1. The number of nitrogens with one attached hydrogen (secondary N) is 3. The predicted octanol–water partition coefficient (Wildman–Crippen LogP) is 3.74. The third kappa shape index (κ3) is 6.03. The Morgan fingerprint density at radius 2 is 1.88 bits per heavy atom. The minimum atomic E-state index is -4.88. The van der Waals surface area contributed by atoms with Crippen LogP contribution in [0.2, 0.25) is 0 Å². The van der Waals surface area contributed by atoms with Gasteiger partial charge in [0.2, 0.25) is 10.0 Å². The van der Waals surface area contributed by atoms with Crippen LogP contribution in [-0.4, -0.2) is 48.2 Å². The van der Waals surface area contributed by atoms with Gasteiger partial charge in [0.1, 0.15) is 10.6 Å². The fourth-order valence-electron chi connectivity index (χ4n) is 3.21. The van der Waals surface area contributed by atoms with E-state index in [1.54, 1.807) is 13.8 Å². The SMILES string of the molecule is CCCCNC(=O)c1c(-c2ncc(S(=O)(=O)NC(C)C)cn2)[nH]c2cc(OC(F)(F)F)ccc12. The zero-order valence-electron chi connectivity index (χ0n) is 18.7. The molecular formula is C21H24F3N5O4S. The van der Waals surface area contributed by atoms with Gasteiger partial charge >= 0.3 is 6.36 Å². The molecule has 3 N–H and O–H groups in total. The number of rotatable bonds is 9. The molecule has 9 nitrogen and oxygen atoms in total. The van der Waals surface area contributed by atoms with Gasteiger partial charge in [-0.3, -0.25) is 4.79 Å². The van der Waals surface area contributed by atoms with Gasteiger partial charge in [0, 0.05) is 24.0 Å². The molecule has 3 rings (SSSR count). The Balaban J connectivity index is 2.07. The Labute approximate surface area is 194 Å². The number of hydrogen-bond acceptors (Lipinski definition) is 6. The largest absolute Gasteiger partial charge is 0.573 e. The minimum Gasteiger partial charge on any atom is -0.406 e. The van der Waals surface area contributed by atoms with Crippen LogP contribution in [0.1, 0.15) is 44.0 Å². The number of aromatic nitrogens is 3. The maximum Gasteiger partial charge on any atom is 0.573 e. The van der Waals surface area contributed by atoms with Gasteiger partial charge < -0.3 is 15.0 Å². The van der Waals surface area contributed by atoms with Crippen molar-refractivity contribution in [2.45, 2.75) is 50.9 Å². The van der Waals surface area contributed by atoms with Gasteiger partial charge in [-0.05, 0) is 32.4 Å². The number of fused-ring (bicyclic) bond motifs is 1. The van der Waals surface area contributed by atoms with Crippen LogP contribution in [0.15, 0.2) is 35.5 Å². The van der Waals surface area contributed by atoms with E-state index < -0.39 is 28.0 Å². The Morgan fingerprint density at radius 1 is 1.21 bits per heavy atom. The number of carbonyl (C=O) groups excluding carboxylic acids is 1. The van der Waals surface area contributed by atoms with E-state index in [1.165, 1.54) is 6.07 Å². The molecule has 13 heteroatoms. The fraction of sp³-hybridized carbons (Fsp3) is 0.381. The van der Waals surface area contributed by atoms with Gasteiger partial charge in [-0.25, -0.2) is 23.1 Å². The number of halogens is 3. The van der Waals surface area contributed by atoms with E-state index in [-0.39, 0.29) is 33.5 Å². The lowest BCUT2D eigenvalue weighted by Crippen LogP contribution is -2.30. The van der Waals surface area contributed by atoms with Gasteiger partial charge in [-0.1, -0.05) is 13.3 Å². The number of amides is 1. The summed E-state index contributed by atoms with van der Waals surface area (Å²) in [5.41, 5.74) is 0.452. The molecule has 0 radical (unpaired) electrons. The van der Waals surface area contributed by atoms with E-state index in [9.17, 15) is 26.4 Å². The lowest BCUT2D eigenvalue weighted by atomic mass is 10.1. The summed E-state index contributed by atoms with van der Waals surface area (Å²) >= 11 is 0. The van der Waals surface area contributed by atoms with Gasteiger partial charge in [0.15, 0.2) is 5.82 Å². The van der Waals surface area contributed by atoms with E-state index in [0.29, 0.717) is 11.9 Å². The second kappa shape index (κ2) is 9.97. The lowest BCUT2D eigenvalue weighted by molar-refractivity contribution is -0.274. The Hall–Kier alpha value is -3.19. The third-order valence-corrected chi connectivity index (χ3v) is 6.21. The van der Waals surface area contributed by atoms with Crippen LogP contribution in [0, 0.1) is 0 Å². The molecule has 1 aromatic carbocycles. The second-order valence-corrected chi connectivity index (χ2v) is 9.47. The number of benzene rings is 1. The van der Waals surface area contributed by atoms with Crippen molar-refractivity contribution in [1.29, 1.82) is 0 Å². The molecular weight excluding hydrogens is 475 g/mol. The number of ether oxygens (including phenoxy) is 1. The monoisotopic (exact) mass is 499 g/mol. The van der Waals surface area contributed by atoms with Crippen molar-refractivity contribution in [2.75, 3.05) is 6.54 Å². The van der Waals surface area contributed by atoms with Crippen molar-refractivity contribution in [3.8, 4) is 17.3 Å². The molecule has 184 valence electrons. The molecule has 0 saturated carbocycles. The molecule has 0 saturated heterocycles. The molecule has 0 fully saturated rings. The summed E-state index contributed by atoms with van der Waals surface area (Å²) in [5.74, 6) is -0.938. The molecule has 0 bridgehead atoms. The minimum absolute atomic E-state index is 0.00127. The first kappa shape index (κ1) is 25.4. The summed E-state index contributed by atoms with van der Waals surface area (Å²) in [6.07, 6.45) is -1.11. The van der Waals surface area contributed by atoms with Crippen LogP contribution < -0.4 is 14.8 Å². The van der Waals surface area contributed by atoms with Gasteiger partial charge in [-0.2, -0.15) is 0 Å². The highest BCUT2D eigenvalue weighted by Gasteiger charge is 2.31. The normalized spacial score (nSPS) is 12.3. The van der Waals surface area contributed by atoms with Crippen LogP contribution in [0.3, 0.4) is 0 Å². The van der Waals surface area contributed by atoms with Crippen molar-refractivity contribution >= 4 is 26.8 Å². The van der Waals surface area contributed by atoms with Crippen LogP contribution >= 0.6 is 0 Å². The van der Waals surface area contributed by atoms with Crippen molar-refractivity contribution in [3.05, 3.63) is 36.2 Å². The molecule has 0 atom stereocenters. The second-order valence-electron chi connectivity index (χ2n) is 7.76. The predicted molar refractivity (Wildman–Crippen MR) is 119 cm³/mol. The smallest absolute Gasteiger partial charge is 0.406 e. The van der Waals surface area contributed by atoms with Crippen LogP contribution in [0.4, 0.5) is 13.2 Å². The maximum atomic E-state index is 12.9. The number of nitrogens with zero attached hydrogens (tertiary/aromatic N) is 2. The number of hydrogen-bond donors (Lipinski definition) is 3. The van der Waals surface area contributed by atoms with E-state index in [4.69, 9.17) is 0 Å². The van der Waals surface area contributed by atoms with Crippen molar-refractivity contribution in [2.24, 2.45) is 0 Å². The van der Waals surface area contributed by atoms with Crippen molar-refractivity contribution in [3.63, 3.8) is 0 Å². The zero-order chi connectivity index (χ0) is 25.1. The van der Waals surface area contributed by atoms with Crippen molar-refractivity contribution < 1.29 is 31.1 Å². The topological polar surface area (TPSA) is 126 Å². The molecule has 3 aromatic rings. The summed E-state index contributed by atoms with van der Waals surface area (Å²) < 4.78 is 69.0. The number of aromatic amines is 1.